The van der Waals surface area contributed by atoms with Gasteiger partial charge in [0.1, 0.15) is 23.8 Å². The number of aliphatic hydroxyl groups excluding tert-OH is 1. The van der Waals surface area contributed by atoms with E-state index in [-0.39, 0.29) is 29.5 Å². The van der Waals surface area contributed by atoms with E-state index in [0.29, 0.717) is 29.8 Å². The third kappa shape index (κ3) is 5.72. The highest BCUT2D eigenvalue weighted by Crippen LogP contribution is 2.26. The molecule has 0 radical (unpaired) electrons. The fourth-order valence-electron chi connectivity index (χ4n) is 3.09. The van der Waals surface area contributed by atoms with Gasteiger partial charge >= 0.3 is 0 Å². The van der Waals surface area contributed by atoms with Crippen molar-refractivity contribution in [3.8, 4) is 23.6 Å². The number of nitrogens with two attached hydrogens (primary N) is 1. The Balaban J connectivity index is 0.000000323. The van der Waals surface area contributed by atoms with E-state index in [4.69, 9.17) is 21.8 Å². The first-order valence-electron chi connectivity index (χ1n) is 9.93. The number of pyridine rings is 1. The van der Waals surface area contributed by atoms with Crippen LogP contribution >= 0.6 is 0 Å². The number of hydrogen-bond donors (Lipinski definition) is 3. The Labute approximate surface area is 189 Å². The topological polar surface area (TPSA) is 135 Å². The summed E-state index contributed by atoms with van der Waals surface area (Å²) < 4.78 is 19.3. The fourth-order valence-corrected chi connectivity index (χ4v) is 3.09. The van der Waals surface area contributed by atoms with Gasteiger partial charge in [-0.2, -0.15) is 0 Å². The second kappa shape index (κ2) is 10.4. The molecule has 4 rings (SSSR count). The Hall–Kier alpha value is -4.23. The molecule has 0 bridgehead atoms. The van der Waals surface area contributed by atoms with E-state index in [2.05, 4.69) is 21.4 Å². The zero-order valence-corrected chi connectivity index (χ0v) is 17.8. The van der Waals surface area contributed by atoms with Crippen molar-refractivity contribution in [3.63, 3.8) is 0 Å². The molecule has 33 heavy (non-hydrogen) atoms. The number of likely N-dealkylation sites (N-methyl/N-ethyl adjacent to an activating group) is 1. The number of halogens is 1. The summed E-state index contributed by atoms with van der Waals surface area (Å²) in [6.07, 6.45) is 6.64. The summed E-state index contributed by atoms with van der Waals surface area (Å²) in [7, 11) is 1.69. The molecule has 0 spiro atoms. The number of primary amides is 1. The summed E-state index contributed by atoms with van der Waals surface area (Å²) in [5, 5.41) is 15.4. The van der Waals surface area contributed by atoms with Crippen LogP contribution in [0.15, 0.2) is 47.2 Å². The largest absolute Gasteiger partial charge is 0.383 e. The van der Waals surface area contributed by atoms with Crippen LogP contribution in [0.5, 0.6) is 0 Å². The lowest BCUT2D eigenvalue weighted by Gasteiger charge is -2.11. The van der Waals surface area contributed by atoms with Crippen LogP contribution in [0.25, 0.3) is 11.3 Å². The number of benzene rings is 1. The van der Waals surface area contributed by atoms with E-state index in [0.717, 1.165) is 0 Å². The normalized spacial score (nSPS) is 14.9. The minimum atomic E-state index is -0.781. The average molecular weight is 451 g/mol. The second-order valence-electron chi connectivity index (χ2n) is 7.21. The number of aliphatic hydroxyl groups is 1. The van der Waals surface area contributed by atoms with Gasteiger partial charge in [-0.3, -0.25) is 9.59 Å². The van der Waals surface area contributed by atoms with Crippen LogP contribution in [-0.4, -0.2) is 51.7 Å². The first-order chi connectivity index (χ1) is 15.8. The molecule has 0 aliphatic carbocycles. The van der Waals surface area contributed by atoms with Crippen LogP contribution in [0, 0.1) is 18.2 Å². The van der Waals surface area contributed by atoms with Crippen LogP contribution in [0.4, 0.5) is 10.1 Å². The van der Waals surface area contributed by atoms with E-state index < -0.39 is 17.8 Å². The van der Waals surface area contributed by atoms with Gasteiger partial charge in [-0.15, -0.1) is 6.42 Å². The molecule has 1 atom stereocenters. The van der Waals surface area contributed by atoms with Crippen LogP contribution in [0.1, 0.15) is 28.2 Å². The summed E-state index contributed by atoms with van der Waals surface area (Å²) >= 11 is 0. The fraction of sp³-hybridized carbons (Fsp3) is 0.217. The van der Waals surface area contributed by atoms with Crippen molar-refractivity contribution >= 4 is 17.5 Å². The standard InChI is InChI=1S/C18H13FN4O2.C5H9NO2/c1-2-11-4-3-5-12(8-11)16-14(19)9-15(17(22-16)18(20)24)21-10-13-6-7-25-23-13;1-6-3-2-4(7)5(6)8/h1,3-9,21H,10H2,(H2,20,24);4,7H,2-3H2,1H3. The van der Waals surface area contributed by atoms with Crippen molar-refractivity contribution < 1.29 is 23.6 Å². The Kier molecular flexibility index (Phi) is 7.38. The minimum absolute atomic E-state index is 0.00196. The van der Waals surface area contributed by atoms with E-state index in [1.165, 1.54) is 17.2 Å². The maximum Gasteiger partial charge on any atom is 0.269 e. The molecule has 2 aromatic heterocycles. The molecule has 1 fully saturated rings. The first kappa shape index (κ1) is 23.4. The molecule has 2 amide bonds. The maximum absolute atomic E-state index is 14.5. The molecule has 10 heteroatoms. The highest BCUT2D eigenvalue weighted by molar-refractivity contribution is 5.97. The first-order valence-corrected chi connectivity index (χ1v) is 9.93. The van der Waals surface area contributed by atoms with E-state index in [1.807, 2.05) is 0 Å². The van der Waals surface area contributed by atoms with Crippen molar-refractivity contribution in [2.45, 2.75) is 19.1 Å². The number of rotatable bonds is 5. The van der Waals surface area contributed by atoms with Crippen molar-refractivity contribution in [1.29, 1.82) is 0 Å². The number of likely N-dealkylation sites (tertiary alicyclic amines) is 1. The Morgan fingerprint density at radius 2 is 2.21 bits per heavy atom. The van der Waals surface area contributed by atoms with Crippen molar-refractivity contribution in [3.05, 3.63) is 65.4 Å². The van der Waals surface area contributed by atoms with Gasteiger partial charge in [-0.05, 0) is 18.6 Å². The molecule has 1 saturated heterocycles. The predicted molar refractivity (Wildman–Crippen MR) is 118 cm³/mol. The van der Waals surface area contributed by atoms with Gasteiger partial charge in [0.2, 0.25) is 0 Å². The molecule has 1 unspecified atom stereocenters. The second-order valence-corrected chi connectivity index (χ2v) is 7.21. The molecule has 1 aliphatic heterocycles. The third-order valence-corrected chi connectivity index (χ3v) is 4.86. The molecule has 9 nitrogen and oxygen atoms in total. The van der Waals surface area contributed by atoms with E-state index in [9.17, 15) is 14.0 Å². The molecule has 4 N–H and O–H groups in total. The highest BCUT2D eigenvalue weighted by atomic mass is 19.1. The zero-order valence-electron chi connectivity index (χ0n) is 17.8. The summed E-state index contributed by atoms with van der Waals surface area (Å²) in [5.74, 6) is 0.933. The monoisotopic (exact) mass is 451 g/mol. The van der Waals surface area contributed by atoms with Gasteiger partial charge in [0.25, 0.3) is 11.8 Å². The smallest absolute Gasteiger partial charge is 0.269 e. The van der Waals surface area contributed by atoms with Gasteiger partial charge in [0, 0.05) is 36.9 Å². The number of amides is 2. The summed E-state index contributed by atoms with van der Waals surface area (Å²) in [6.45, 7) is 0.920. The van der Waals surface area contributed by atoms with Crippen LogP contribution in [0.2, 0.25) is 0 Å². The molecular weight excluding hydrogens is 429 g/mol. The SMILES string of the molecule is C#Cc1cccc(-c2nc(C(N)=O)c(NCc3ccon3)cc2F)c1.CN1CCC(O)C1=O. The third-order valence-electron chi connectivity index (χ3n) is 4.86. The van der Waals surface area contributed by atoms with Crippen LogP contribution in [-0.2, 0) is 11.3 Å². The number of nitrogens with one attached hydrogen (secondary N) is 1. The van der Waals surface area contributed by atoms with Gasteiger partial charge in [0.15, 0.2) is 11.5 Å². The van der Waals surface area contributed by atoms with Crippen molar-refractivity contribution in [2.75, 3.05) is 18.9 Å². The van der Waals surface area contributed by atoms with Crippen molar-refractivity contribution in [2.24, 2.45) is 5.73 Å². The summed E-state index contributed by atoms with van der Waals surface area (Å²) in [5.41, 5.74) is 7.10. The van der Waals surface area contributed by atoms with Crippen molar-refractivity contribution in [1.82, 2.24) is 15.0 Å². The number of aromatic nitrogens is 2. The van der Waals surface area contributed by atoms with Gasteiger partial charge < -0.3 is 25.6 Å². The number of nitrogens with zero attached hydrogens (tertiary/aromatic N) is 3. The maximum atomic E-state index is 14.5. The predicted octanol–water partition coefficient (Wildman–Crippen LogP) is 1.78. The lowest BCUT2D eigenvalue weighted by molar-refractivity contribution is -0.133. The molecule has 1 aromatic carbocycles. The quantitative estimate of drug-likeness (QED) is 0.503. The summed E-state index contributed by atoms with van der Waals surface area (Å²) in [4.78, 5) is 27.9. The number of anilines is 1. The number of carbonyl (C=O) groups excluding carboxylic acids is 2. The molecular formula is C23H22FN5O4. The Morgan fingerprint density at radius 3 is 2.76 bits per heavy atom. The lowest BCUT2D eigenvalue weighted by atomic mass is 10.1. The van der Waals surface area contributed by atoms with E-state index in [1.54, 1.807) is 37.4 Å². The number of terminal acetylenes is 1. The molecule has 0 saturated carbocycles. The minimum Gasteiger partial charge on any atom is -0.383 e. The highest BCUT2D eigenvalue weighted by Gasteiger charge is 2.26. The Bertz CT molecular complexity index is 1180. The number of carbonyl (C=O) groups is 2. The average Bonchev–Trinajstić information content (AvgIpc) is 3.43. The number of hydrogen-bond acceptors (Lipinski definition) is 7. The Morgan fingerprint density at radius 1 is 1.42 bits per heavy atom. The van der Waals surface area contributed by atoms with Crippen LogP contribution in [0.3, 0.4) is 0 Å². The molecule has 3 heterocycles. The molecule has 3 aromatic rings. The van der Waals surface area contributed by atoms with Gasteiger partial charge in [0.05, 0.1) is 12.2 Å². The van der Waals surface area contributed by atoms with Gasteiger partial charge in [-0.25, -0.2) is 9.37 Å². The summed E-state index contributed by atoms with van der Waals surface area (Å²) in [6, 6.07) is 9.47. The zero-order chi connectivity index (χ0) is 24.0. The lowest BCUT2D eigenvalue weighted by Crippen LogP contribution is -2.24. The molecule has 1 aliphatic rings. The van der Waals surface area contributed by atoms with Crippen LogP contribution < -0.4 is 11.1 Å². The van der Waals surface area contributed by atoms with Gasteiger partial charge in [-0.1, -0.05) is 23.2 Å². The molecule has 170 valence electrons. The van der Waals surface area contributed by atoms with E-state index >= 15 is 0 Å².